The van der Waals surface area contributed by atoms with E-state index in [1.165, 1.54) is 0 Å². The second-order valence-corrected chi connectivity index (χ2v) is 7.32. The van der Waals surface area contributed by atoms with Crippen molar-refractivity contribution in [2.24, 2.45) is 0 Å². The number of aryl methyl sites for hydroxylation is 1. The van der Waals surface area contributed by atoms with Crippen molar-refractivity contribution in [2.75, 3.05) is 6.54 Å². The minimum atomic E-state index is -0.529. The lowest BCUT2D eigenvalue weighted by Crippen LogP contribution is -2.33. The maximum Gasteiger partial charge on any atom is 0.345 e. The molecule has 1 unspecified atom stereocenters. The summed E-state index contributed by atoms with van der Waals surface area (Å²) in [6.07, 6.45) is 3.85. The summed E-state index contributed by atoms with van der Waals surface area (Å²) in [6, 6.07) is 8.89. The van der Waals surface area contributed by atoms with Crippen molar-refractivity contribution in [1.29, 1.82) is 0 Å². The van der Waals surface area contributed by atoms with Gasteiger partial charge in [-0.3, -0.25) is 4.79 Å². The number of H-pyrrole nitrogens is 1. The number of hydrogen-bond acceptors (Lipinski definition) is 5. The van der Waals surface area contributed by atoms with Gasteiger partial charge in [-0.25, -0.2) is 9.78 Å². The molecular weight excluding hydrogens is 380 g/mol. The Balaban J connectivity index is 1.54. The van der Waals surface area contributed by atoms with Gasteiger partial charge in [-0.2, -0.15) is 4.98 Å². The largest absolute Gasteiger partial charge is 0.443 e. The number of carbonyl (C=O) groups is 1. The van der Waals surface area contributed by atoms with Gasteiger partial charge in [-0.1, -0.05) is 23.7 Å². The maximum atomic E-state index is 12.9. The Morgan fingerprint density at radius 2 is 2.25 bits per heavy atom. The molecule has 3 aromatic rings. The number of benzene rings is 1. The molecule has 1 saturated heterocycles. The molecule has 0 radical (unpaired) electrons. The highest BCUT2D eigenvalue weighted by Crippen LogP contribution is 2.33. The van der Waals surface area contributed by atoms with Gasteiger partial charge in [0.15, 0.2) is 0 Å². The van der Waals surface area contributed by atoms with Crippen molar-refractivity contribution >= 4 is 17.5 Å². The monoisotopic (exact) mass is 398 g/mol. The van der Waals surface area contributed by atoms with Crippen LogP contribution in [0.5, 0.6) is 0 Å². The second-order valence-electron chi connectivity index (χ2n) is 6.88. The summed E-state index contributed by atoms with van der Waals surface area (Å²) in [4.78, 5) is 36.9. The van der Waals surface area contributed by atoms with Crippen molar-refractivity contribution < 1.29 is 9.21 Å². The van der Waals surface area contributed by atoms with E-state index in [2.05, 4.69) is 15.0 Å². The van der Waals surface area contributed by atoms with Crippen molar-refractivity contribution in [2.45, 2.75) is 32.2 Å². The van der Waals surface area contributed by atoms with Gasteiger partial charge in [0, 0.05) is 23.7 Å². The van der Waals surface area contributed by atoms with E-state index in [9.17, 15) is 9.59 Å². The van der Waals surface area contributed by atoms with Crippen LogP contribution in [0.1, 0.15) is 52.3 Å². The van der Waals surface area contributed by atoms with Crippen LogP contribution >= 0.6 is 11.6 Å². The van der Waals surface area contributed by atoms with E-state index in [1.54, 1.807) is 24.1 Å². The number of aromatic amines is 1. The lowest BCUT2D eigenvalue weighted by molar-refractivity contribution is 0.0708. The zero-order chi connectivity index (χ0) is 19.7. The van der Waals surface area contributed by atoms with Gasteiger partial charge in [-0.15, -0.1) is 0 Å². The van der Waals surface area contributed by atoms with Crippen LogP contribution in [-0.4, -0.2) is 32.3 Å². The zero-order valence-corrected chi connectivity index (χ0v) is 16.1. The summed E-state index contributed by atoms with van der Waals surface area (Å²) in [5, 5.41) is 0.672. The Labute approximate surface area is 166 Å². The van der Waals surface area contributed by atoms with Gasteiger partial charge in [-0.05, 0) is 43.5 Å². The number of nitrogens with one attached hydrogen (secondary N) is 1. The fraction of sp³-hybridized carbons (Fsp3) is 0.300. The molecule has 0 spiro atoms. The lowest BCUT2D eigenvalue weighted by Gasteiger charge is -2.21. The standard InChI is InChI=1S/C20H19ClN4O3/c1-12-8-16(24-20(27)23-12)19(26)25-7-3-6-17(25)18-22-11-15(28-18)10-13-4-2-5-14(21)9-13/h2,4-5,8-9,11,17H,3,6-7,10H2,1H3,(H,23,24,27). The van der Waals surface area contributed by atoms with E-state index < -0.39 is 5.69 Å². The van der Waals surface area contributed by atoms with E-state index in [1.807, 2.05) is 24.3 Å². The van der Waals surface area contributed by atoms with Crippen LogP contribution in [0.4, 0.5) is 0 Å². The van der Waals surface area contributed by atoms with Gasteiger partial charge in [0.2, 0.25) is 5.89 Å². The first-order chi connectivity index (χ1) is 13.5. The summed E-state index contributed by atoms with van der Waals surface area (Å²) in [5.41, 5.74) is 1.23. The Hall–Kier alpha value is -2.93. The molecule has 7 nitrogen and oxygen atoms in total. The Kier molecular flexibility index (Phi) is 5.00. The van der Waals surface area contributed by atoms with Crippen molar-refractivity contribution in [3.8, 4) is 0 Å². The van der Waals surface area contributed by atoms with E-state index in [0.717, 1.165) is 18.4 Å². The molecule has 0 saturated carbocycles. The average molecular weight is 399 g/mol. The first kappa shape index (κ1) is 18.4. The summed E-state index contributed by atoms with van der Waals surface area (Å²) >= 11 is 6.03. The number of aromatic nitrogens is 3. The summed E-state index contributed by atoms with van der Waals surface area (Å²) in [7, 11) is 0. The smallest absolute Gasteiger partial charge is 0.345 e. The highest BCUT2D eigenvalue weighted by molar-refractivity contribution is 6.30. The molecule has 4 rings (SSSR count). The topological polar surface area (TPSA) is 92.1 Å². The van der Waals surface area contributed by atoms with Crippen LogP contribution < -0.4 is 5.69 Å². The Bertz CT molecular complexity index is 1080. The van der Waals surface area contributed by atoms with Crippen LogP contribution in [0.25, 0.3) is 0 Å². The molecule has 8 heteroatoms. The molecule has 1 fully saturated rings. The highest BCUT2D eigenvalue weighted by Gasteiger charge is 2.34. The van der Waals surface area contributed by atoms with Gasteiger partial charge >= 0.3 is 5.69 Å². The molecule has 0 aliphatic carbocycles. The Morgan fingerprint density at radius 1 is 1.39 bits per heavy atom. The number of amides is 1. The average Bonchev–Trinajstić information content (AvgIpc) is 3.29. The quantitative estimate of drug-likeness (QED) is 0.728. The van der Waals surface area contributed by atoms with Crippen molar-refractivity contribution in [1.82, 2.24) is 19.9 Å². The minimum Gasteiger partial charge on any atom is -0.443 e. The maximum absolute atomic E-state index is 12.9. The molecule has 0 bridgehead atoms. The lowest BCUT2D eigenvalue weighted by atomic mass is 10.1. The number of carbonyl (C=O) groups excluding carboxylic acids is 1. The van der Waals surface area contributed by atoms with E-state index in [0.29, 0.717) is 35.3 Å². The predicted molar refractivity (Wildman–Crippen MR) is 103 cm³/mol. The summed E-state index contributed by atoms with van der Waals surface area (Å²) in [6.45, 7) is 2.29. The van der Waals surface area contributed by atoms with Crippen LogP contribution in [0.15, 0.2) is 45.7 Å². The normalized spacial score (nSPS) is 16.5. The molecule has 1 atom stereocenters. The number of oxazole rings is 1. The van der Waals surface area contributed by atoms with E-state index in [-0.39, 0.29) is 17.6 Å². The van der Waals surface area contributed by atoms with Crippen LogP contribution in [-0.2, 0) is 6.42 Å². The first-order valence-electron chi connectivity index (χ1n) is 9.07. The zero-order valence-electron chi connectivity index (χ0n) is 15.3. The number of rotatable bonds is 4. The van der Waals surface area contributed by atoms with Crippen LogP contribution in [0.2, 0.25) is 5.02 Å². The van der Waals surface area contributed by atoms with Crippen LogP contribution in [0, 0.1) is 6.92 Å². The molecule has 1 aromatic carbocycles. The fourth-order valence-electron chi connectivity index (χ4n) is 3.51. The second kappa shape index (κ2) is 7.59. The molecule has 1 aliphatic heterocycles. The van der Waals surface area contributed by atoms with E-state index in [4.69, 9.17) is 16.0 Å². The molecule has 1 aliphatic rings. The molecule has 144 valence electrons. The van der Waals surface area contributed by atoms with Crippen molar-refractivity contribution in [3.05, 3.63) is 80.6 Å². The Morgan fingerprint density at radius 3 is 3.04 bits per heavy atom. The van der Waals surface area contributed by atoms with E-state index >= 15 is 0 Å². The predicted octanol–water partition coefficient (Wildman–Crippen LogP) is 3.29. The number of likely N-dealkylation sites (tertiary alicyclic amines) is 1. The number of halogens is 1. The van der Waals surface area contributed by atoms with Gasteiger partial charge in [0.05, 0.1) is 6.20 Å². The molecule has 28 heavy (non-hydrogen) atoms. The summed E-state index contributed by atoms with van der Waals surface area (Å²) in [5.74, 6) is 0.928. The van der Waals surface area contributed by atoms with Gasteiger partial charge in [0.1, 0.15) is 17.5 Å². The highest BCUT2D eigenvalue weighted by atomic mass is 35.5. The third kappa shape index (κ3) is 3.84. The van der Waals surface area contributed by atoms with Gasteiger partial charge < -0.3 is 14.3 Å². The first-order valence-corrected chi connectivity index (χ1v) is 9.45. The van der Waals surface area contributed by atoms with Crippen LogP contribution in [0.3, 0.4) is 0 Å². The van der Waals surface area contributed by atoms with Crippen molar-refractivity contribution in [3.63, 3.8) is 0 Å². The minimum absolute atomic E-state index is 0.138. The summed E-state index contributed by atoms with van der Waals surface area (Å²) < 4.78 is 5.94. The molecule has 1 amide bonds. The number of hydrogen-bond donors (Lipinski definition) is 1. The SMILES string of the molecule is Cc1cc(C(=O)N2CCCC2c2ncc(Cc3cccc(Cl)c3)o2)nc(=O)[nH]1. The molecule has 3 heterocycles. The molecular formula is C20H19ClN4O3. The van der Waals surface area contributed by atoms with Gasteiger partial charge in [0.25, 0.3) is 5.91 Å². The molecule has 2 aromatic heterocycles. The third-order valence-electron chi connectivity index (χ3n) is 4.74. The molecule has 1 N–H and O–H groups in total. The fourth-order valence-corrected chi connectivity index (χ4v) is 3.72. The number of nitrogens with zero attached hydrogens (tertiary/aromatic N) is 3. The third-order valence-corrected chi connectivity index (χ3v) is 4.97.